The fourth-order valence-electron chi connectivity index (χ4n) is 1.86. The Morgan fingerprint density at radius 2 is 2.17 bits per heavy atom. The largest absolute Gasteiger partial charge is 0.369 e. The van der Waals surface area contributed by atoms with Crippen LogP contribution in [-0.4, -0.2) is 18.0 Å². The number of carbonyl (C=O) groups is 1. The molecule has 0 spiro atoms. The van der Waals surface area contributed by atoms with E-state index in [1.807, 2.05) is 0 Å². The van der Waals surface area contributed by atoms with Crippen molar-refractivity contribution < 1.29 is 4.79 Å². The van der Waals surface area contributed by atoms with Gasteiger partial charge in [0.1, 0.15) is 0 Å². The van der Waals surface area contributed by atoms with Crippen LogP contribution in [0.5, 0.6) is 0 Å². The minimum atomic E-state index is -0.136. The molecule has 3 heteroatoms. The predicted octanol–water partition coefficient (Wildman–Crippen LogP) is 0.638. The smallest absolute Gasteiger partial charge is 0.220 e. The number of amides is 1. The van der Waals surface area contributed by atoms with Crippen LogP contribution < -0.4 is 11.1 Å². The Bertz CT molecular complexity index is 168. The summed E-state index contributed by atoms with van der Waals surface area (Å²) in [6, 6.07) is 1.00. The number of rotatable bonds is 3. The van der Waals surface area contributed by atoms with E-state index >= 15 is 0 Å². The van der Waals surface area contributed by atoms with Crippen LogP contribution in [0.15, 0.2) is 0 Å². The number of hydrogen-bond acceptors (Lipinski definition) is 2. The Morgan fingerprint density at radius 1 is 1.50 bits per heavy atom. The minimum Gasteiger partial charge on any atom is -0.369 e. The number of carbonyl (C=O) groups excluding carboxylic acids is 1. The van der Waals surface area contributed by atoms with Crippen molar-refractivity contribution in [2.75, 3.05) is 0 Å². The Kier molecular flexibility index (Phi) is 3.09. The molecule has 0 saturated heterocycles. The van der Waals surface area contributed by atoms with Crippen molar-refractivity contribution in [3.05, 3.63) is 0 Å². The van der Waals surface area contributed by atoms with Gasteiger partial charge in [-0.15, -0.1) is 0 Å². The van der Waals surface area contributed by atoms with Crippen LogP contribution in [0.4, 0.5) is 0 Å². The van der Waals surface area contributed by atoms with Gasteiger partial charge in [-0.1, -0.05) is 13.8 Å². The van der Waals surface area contributed by atoms with Crippen molar-refractivity contribution in [1.82, 2.24) is 5.32 Å². The van der Waals surface area contributed by atoms with Gasteiger partial charge >= 0.3 is 0 Å². The highest BCUT2D eigenvalue weighted by Crippen LogP contribution is 2.25. The maximum Gasteiger partial charge on any atom is 0.220 e. The van der Waals surface area contributed by atoms with E-state index in [0.717, 1.165) is 19.3 Å². The Hall–Kier alpha value is -0.570. The van der Waals surface area contributed by atoms with Crippen molar-refractivity contribution in [1.29, 1.82) is 0 Å². The molecule has 0 aromatic carbocycles. The maximum absolute atomic E-state index is 10.8. The molecule has 0 aromatic heterocycles. The van der Waals surface area contributed by atoms with Crippen LogP contribution >= 0.6 is 0 Å². The van der Waals surface area contributed by atoms with Crippen LogP contribution in [0, 0.1) is 5.92 Å². The zero-order chi connectivity index (χ0) is 9.14. The second-order valence-electron chi connectivity index (χ2n) is 3.93. The van der Waals surface area contributed by atoms with E-state index in [9.17, 15) is 4.79 Å². The molecule has 0 radical (unpaired) electrons. The molecular formula is C9H18N2O. The van der Waals surface area contributed by atoms with Gasteiger partial charge in [0.2, 0.25) is 5.91 Å². The molecule has 1 amide bonds. The first-order valence-electron chi connectivity index (χ1n) is 4.65. The highest BCUT2D eigenvalue weighted by molar-refractivity contribution is 5.76. The third-order valence-electron chi connectivity index (χ3n) is 2.40. The van der Waals surface area contributed by atoms with E-state index in [4.69, 9.17) is 5.73 Å². The maximum atomic E-state index is 10.8. The van der Waals surface area contributed by atoms with Crippen molar-refractivity contribution in [3.8, 4) is 0 Å². The first kappa shape index (κ1) is 9.52. The van der Waals surface area contributed by atoms with Gasteiger partial charge in [0, 0.05) is 18.0 Å². The van der Waals surface area contributed by atoms with Gasteiger partial charge in [0.15, 0.2) is 0 Å². The standard InChI is InChI=1S/C9H18N2O/c1-6(2)11-8-4-3-7(5-8)9(10)12/h6-8,11H,3-5H2,1-2H3,(H2,10,12)/t7-,8+/m0/s1. The summed E-state index contributed by atoms with van der Waals surface area (Å²) in [5.41, 5.74) is 5.22. The molecule has 12 heavy (non-hydrogen) atoms. The Morgan fingerprint density at radius 3 is 2.58 bits per heavy atom. The molecular weight excluding hydrogens is 152 g/mol. The van der Waals surface area contributed by atoms with Gasteiger partial charge in [-0.05, 0) is 19.3 Å². The monoisotopic (exact) mass is 170 g/mol. The lowest BCUT2D eigenvalue weighted by Gasteiger charge is -2.15. The molecule has 0 bridgehead atoms. The topological polar surface area (TPSA) is 55.1 Å². The summed E-state index contributed by atoms with van der Waals surface area (Å²) in [6.07, 6.45) is 2.97. The average molecular weight is 170 g/mol. The zero-order valence-electron chi connectivity index (χ0n) is 7.84. The summed E-state index contributed by atoms with van der Waals surface area (Å²) >= 11 is 0. The first-order chi connectivity index (χ1) is 5.59. The molecule has 1 rings (SSSR count). The van der Waals surface area contributed by atoms with Crippen LogP contribution in [0.1, 0.15) is 33.1 Å². The summed E-state index contributed by atoms with van der Waals surface area (Å²) in [5, 5.41) is 3.42. The molecule has 3 nitrogen and oxygen atoms in total. The van der Waals surface area contributed by atoms with Crippen molar-refractivity contribution >= 4 is 5.91 Å². The molecule has 1 aliphatic carbocycles. The highest BCUT2D eigenvalue weighted by Gasteiger charge is 2.28. The average Bonchev–Trinajstić information content (AvgIpc) is 2.34. The third kappa shape index (κ3) is 2.48. The SMILES string of the molecule is CC(C)N[C@@H]1CC[C@H](C(N)=O)C1. The zero-order valence-corrected chi connectivity index (χ0v) is 7.84. The minimum absolute atomic E-state index is 0.112. The Labute approximate surface area is 73.7 Å². The third-order valence-corrected chi connectivity index (χ3v) is 2.40. The number of hydrogen-bond donors (Lipinski definition) is 2. The quantitative estimate of drug-likeness (QED) is 0.653. The van der Waals surface area contributed by atoms with Crippen LogP contribution in [0.2, 0.25) is 0 Å². The van der Waals surface area contributed by atoms with E-state index in [-0.39, 0.29) is 11.8 Å². The molecule has 70 valence electrons. The van der Waals surface area contributed by atoms with Gasteiger partial charge in [-0.25, -0.2) is 0 Å². The lowest BCUT2D eigenvalue weighted by atomic mass is 10.1. The van der Waals surface area contributed by atoms with E-state index < -0.39 is 0 Å². The molecule has 3 N–H and O–H groups in total. The second kappa shape index (κ2) is 3.90. The first-order valence-corrected chi connectivity index (χ1v) is 4.65. The lowest BCUT2D eigenvalue weighted by molar-refractivity contribution is -0.121. The molecule has 1 saturated carbocycles. The normalized spacial score (nSPS) is 29.6. The van der Waals surface area contributed by atoms with Crippen LogP contribution in [0.3, 0.4) is 0 Å². The van der Waals surface area contributed by atoms with Crippen molar-refractivity contribution in [3.63, 3.8) is 0 Å². The van der Waals surface area contributed by atoms with Crippen molar-refractivity contribution in [2.24, 2.45) is 11.7 Å². The predicted molar refractivity (Wildman–Crippen MR) is 48.6 cm³/mol. The molecule has 1 fully saturated rings. The summed E-state index contributed by atoms with van der Waals surface area (Å²) in [5.74, 6) is -0.0238. The number of primary amides is 1. The van der Waals surface area contributed by atoms with Crippen LogP contribution in [0.25, 0.3) is 0 Å². The number of nitrogens with two attached hydrogens (primary N) is 1. The van der Waals surface area contributed by atoms with Gasteiger partial charge in [-0.3, -0.25) is 4.79 Å². The Balaban J connectivity index is 2.30. The summed E-state index contributed by atoms with van der Waals surface area (Å²) in [7, 11) is 0. The number of nitrogens with one attached hydrogen (secondary N) is 1. The second-order valence-corrected chi connectivity index (χ2v) is 3.93. The highest BCUT2D eigenvalue weighted by atomic mass is 16.1. The van der Waals surface area contributed by atoms with E-state index in [2.05, 4.69) is 19.2 Å². The van der Waals surface area contributed by atoms with Crippen LogP contribution in [-0.2, 0) is 4.79 Å². The van der Waals surface area contributed by atoms with Gasteiger partial charge in [0.05, 0.1) is 0 Å². The van der Waals surface area contributed by atoms with E-state index in [1.54, 1.807) is 0 Å². The molecule has 2 atom stereocenters. The summed E-state index contributed by atoms with van der Waals surface area (Å²) < 4.78 is 0. The molecule has 1 aliphatic rings. The van der Waals surface area contributed by atoms with E-state index in [1.165, 1.54) is 0 Å². The molecule has 0 aromatic rings. The van der Waals surface area contributed by atoms with Gasteiger partial charge in [0.25, 0.3) is 0 Å². The summed E-state index contributed by atoms with van der Waals surface area (Å²) in [6.45, 7) is 4.25. The fourth-order valence-corrected chi connectivity index (χ4v) is 1.86. The van der Waals surface area contributed by atoms with Crippen molar-refractivity contribution in [2.45, 2.75) is 45.2 Å². The molecule has 0 aliphatic heterocycles. The molecule has 0 heterocycles. The summed E-state index contributed by atoms with van der Waals surface area (Å²) in [4.78, 5) is 10.8. The fraction of sp³-hybridized carbons (Fsp3) is 0.889. The van der Waals surface area contributed by atoms with Gasteiger partial charge in [-0.2, -0.15) is 0 Å². The van der Waals surface area contributed by atoms with E-state index in [0.29, 0.717) is 12.1 Å². The lowest BCUT2D eigenvalue weighted by Crippen LogP contribution is -2.33. The molecule has 0 unspecified atom stereocenters. The van der Waals surface area contributed by atoms with Gasteiger partial charge < -0.3 is 11.1 Å².